The summed E-state index contributed by atoms with van der Waals surface area (Å²) in [6.45, 7) is 3.28. The molecule has 2 aromatic heterocycles. The number of ether oxygens (including phenoxy) is 2. The Morgan fingerprint density at radius 3 is 2.94 bits per heavy atom. The molecule has 0 radical (unpaired) electrons. The molecular formula is C22H20N4O4S. The fraction of sp³-hybridized carbons (Fsp3) is 0.227. The number of carbonyl (C=O) groups excluding carboxylic acids is 1. The van der Waals surface area contributed by atoms with E-state index in [2.05, 4.69) is 15.2 Å². The number of aromatic amines is 1. The molecule has 0 saturated carbocycles. The van der Waals surface area contributed by atoms with Gasteiger partial charge in [0.05, 0.1) is 11.3 Å². The maximum absolute atomic E-state index is 12.8. The van der Waals surface area contributed by atoms with Crippen molar-refractivity contribution < 1.29 is 18.7 Å². The molecule has 3 heterocycles. The van der Waals surface area contributed by atoms with Crippen LogP contribution in [0, 0.1) is 0 Å². The number of benzene rings is 2. The summed E-state index contributed by atoms with van der Waals surface area (Å²) < 4.78 is 16.5. The van der Waals surface area contributed by atoms with Gasteiger partial charge in [-0.25, -0.2) is 0 Å². The van der Waals surface area contributed by atoms with Crippen molar-refractivity contribution in [2.75, 3.05) is 19.1 Å². The van der Waals surface area contributed by atoms with Crippen molar-refractivity contribution >= 4 is 28.6 Å². The lowest BCUT2D eigenvalue weighted by atomic mass is 10.2. The third kappa shape index (κ3) is 3.96. The number of nitrogens with one attached hydrogen (secondary N) is 1. The Bertz CT molecular complexity index is 1240. The van der Waals surface area contributed by atoms with Gasteiger partial charge in [-0.05, 0) is 30.7 Å². The van der Waals surface area contributed by atoms with Crippen molar-refractivity contribution in [3.63, 3.8) is 0 Å². The van der Waals surface area contributed by atoms with Crippen LogP contribution in [-0.4, -0.2) is 45.1 Å². The molecule has 31 heavy (non-hydrogen) atoms. The maximum atomic E-state index is 12.8. The molecule has 1 N–H and O–H groups in total. The summed E-state index contributed by atoms with van der Waals surface area (Å²) in [5.41, 5.74) is 2.84. The van der Waals surface area contributed by atoms with E-state index in [1.54, 1.807) is 4.90 Å². The average Bonchev–Trinajstić information content (AvgIpc) is 3.54. The molecule has 1 amide bonds. The second kappa shape index (κ2) is 8.35. The molecule has 5 rings (SSSR count). The molecule has 4 aromatic rings. The number of amides is 1. The minimum absolute atomic E-state index is 0.00277. The number of hydrogen-bond acceptors (Lipinski definition) is 7. The van der Waals surface area contributed by atoms with Crippen LogP contribution in [0.25, 0.3) is 22.4 Å². The molecule has 0 aliphatic carbocycles. The molecule has 0 atom stereocenters. The summed E-state index contributed by atoms with van der Waals surface area (Å²) in [5.74, 6) is 2.09. The number of carbonyl (C=O) groups is 1. The first-order valence-corrected chi connectivity index (χ1v) is 10.9. The summed E-state index contributed by atoms with van der Waals surface area (Å²) in [6, 6.07) is 13.6. The van der Waals surface area contributed by atoms with E-state index in [4.69, 9.17) is 13.9 Å². The van der Waals surface area contributed by atoms with Crippen LogP contribution >= 0.6 is 11.8 Å². The van der Waals surface area contributed by atoms with Crippen molar-refractivity contribution in [1.82, 2.24) is 20.1 Å². The second-order valence-electron chi connectivity index (χ2n) is 7.01. The fourth-order valence-electron chi connectivity index (χ4n) is 3.48. The first-order chi connectivity index (χ1) is 15.2. The van der Waals surface area contributed by atoms with Gasteiger partial charge in [-0.15, -0.1) is 10.2 Å². The molecule has 158 valence electrons. The highest BCUT2D eigenvalue weighted by molar-refractivity contribution is 7.99. The van der Waals surface area contributed by atoms with Gasteiger partial charge in [0.15, 0.2) is 11.5 Å². The first kappa shape index (κ1) is 19.5. The van der Waals surface area contributed by atoms with Crippen molar-refractivity contribution in [1.29, 1.82) is 0 Å². The number of aromatic nitrogens is 3. The van der Waals surface area contributed by atoms with Crippen molar-refractivity contribution in [3.05, 3.63) is 54.2 Å². The van der Waals surface area contributed by atoms with Crippen LogP contribution in [-0.2, 0) is 11.3 Å². The second-order valence-corrected chi connectivity index (χ2v) is 7.93. The molecule has 9 heteroatoms. The van der Waals surface area contributed by atoms with Crippen molar-refractivity contribution in [3.8, 4) is 23.0 Å². The lowest BCUT2D eigenvalue weighted by Gasteiger charge is -2.20. The molecule has 1 aliphatic rings. The number of H-pyrrole nitrogens is 1. The first-order valence-electron chi connectivity index (χ1n) is 9.90. The van der Waals surface area contributed by atoms with Crippen LogP contribution in [0.1, 0.15) is 12.5 Å². The Morgan fingerprint density at radius 2 is 2.03 bits per heavy atom. The molecule has 0 spiro atoms. The highest BCUT2D eigenvalue weighted by Crippen LogP contribution is 2.33. The fourth-order valence-corrected chi connectivity index (χ4v) is 4.14. The lowest BCUT2D eigenvalue weighted by Crippen LogP contribution is -2.31. The SMILES string of the molecule is CCN(Cc1ccc2c(c1)OCO2)C(=O)CSc1nnc(-c2c[nH]c3ccccc23)o1. The van der Waals surface area contributed by atoms with Crippen LogP contribution in [0.3, 0.4) is 0 Å². The smallest absolute Gasteiger partial charge is 0.277 e. The minimum atomic E-state index is -0.00277. The Hall–Kier alpha value is -3.46. The van der Waals surface area contributed by atoms with E-state index in [1.165, 1.54) is 11.8 Å². The zero-order chi connectivity index (χ0) is 21.2. The van der Waals surface area contributed by atoms with Gasteiger partial charge < -0.3 is 23.8 Å². The number of nitrogens with zero attached hydrogens (tertiary/aromatic N) is 3. The van der Waals surface area contributed by atoms with E-state index in [9.17, 15) is 4.79 Å². The normalized spacial score (nSPS) is 12.4. The monoisotopic (exact) mass is 436 g/mol. The van der Waals surface area contributed by atoms with Crippen LogP contribution in [0.4, 0.5) is 0 Å². The Labute approximate surface area is 182 Å². The quantitative estimate of drug-likeness (QED) is 0.436. The van der Waals surface area contributed by atoms with E-state index in [-0.39, 0.29) is 18.5 Å². The van der Waals surface area contributed by atoms with E-state index < -0.39 is 0 Å². The average molecular weight is 436 g/mol. The molecule has 1 aliphatic heterocycles. The summed E-state index contributed by atoms with van der Waals surface area (Å²) in [7, 11) is 0. The Balaban J connectivity index is 1.22. The number of fused-ring (bicyclic) bond motifs is 2. The number of thioether (sulfide) groups is 1. The molecule has 8 nitrogen and oxygen atoms in total. The third-order valence-corrected chi connectivity index (χ3v) is 5.89. The molecule has 0 unspecified atom stereocenters. The maximum Gasteiger partial charge on any atom is 0.277 e. The predicted molar refractivity (Wildman–Crippen MR) is 116 cm³/mol. The lowest BCUT2D eigenvalue weighted by molar-refractivity contribution is -0.128. The van der Waals surface area contributed by atoms with E-state index >= 15 is 0 Å². The number of hydrogen-bond donors (Lipinski definition) is 1. The van der Waals surface area contributed by atoms with Crippen LogP contribution in [0.2, 0.25) is 0 Å². The van der Waals surface area contributed by atoms with Gasteiger partial charge >= 0.3 is 0 Å². The zero-order valence-corrected chi connectivity index (χ0v) is 17.6. The topological polar surface area (TPSA) is 93.5 Å². The van der Waals surface area contributed by atoms with Gasteiger partial charge in [-0.2, -0.15) is 0 Å². The van der Waals surface area contributed by atoms with Crippen LogP contribution in [0.15, 0.2) is 58.3 Å². The predicted octanol–water partition coefficient (Wildman–Crippen LogP) is 4.09. The van der Waals surface area contributed by atoms with Crippen LogP contribution in [0.5, 0.6) is 11.5 Å². The van der Waals surface area contributed by atoms with Gasteiger partial charge in [0.25, 0.3) is 11.1 Å². The van der Waals surface area contributed by atoms with Gasteiger partial charge in [0.1, 0.15) is 0 Å². The summed E-state index contributed by atoms with van der Waals surface area (Å²) in [4.78, 5) is 17.7. The Morgan fingerprint density at radius 1 is 1.16 bits per heavy atom. The van der Waals surface area contributed by atoms with Gasteiger partial charge in [0, 0.05) is 30.2 Å². The zero-order valence-electron chi connectivity index (χ0n) is 16.8. The van der Waals surface area contributed by atoms with E-state index in [0.717, 1.165) is 27.8 Å². The highest BCUT2D eigenvalue weighted by Gasteiger charge is 2.19. The largest absolute Gasteiger partial charge is 0.454 e. The molecule has 0 saturated heterocycles. The van der Waals surface area contributed by atoms with Gasteiger partial charge in [0.2, 0.25) is 12.7 Å². The molecular weight excluding hydrogens is 416 g/mol. The van der Waals surface area contributed by atoms with Crippen molar-refractivity contribution in [2.45, 2.75) is 18.7 Å². The number of para-hydroxylation sites is 1. The van der Waals surface area contributed by atoms with Gasteiger partial charge in [-0.3, -0.25) is 4.79 Å². The third-order valence-electron chi connectivity index (χ3n) is 5.09. The summed E-state index contributed by atoms with van der Waals surface area (Å²) in [5, 5.41) is 9.62. The van der Waals surface area contributed by atoms with Crippen LogP contribution < -0.4 is 9.47 Å². The Kier molecular flexibility index (Phi) is 5.25. The van der Waals surface area contributed by atoms with Gasteiger partial charge in [-0.1, -0.05) is 36.0 Å². The number of rotatable bonds is 7. The summed E-state index contributed by atoms with van der Waals surface area (Å²) >= 11 is 1.24. The molecule has 0 bridgehead atoms. The summed E-state index contributed by atoms with van der Waals surface area (Å²) in [6.07, 6.45) is 1.85. The molecule has 0 fully saturated rings. The highest BCUT2D eigenvalue weighted by atomic mass is 32.2. The van der Waals surface area contributed by atoms with E-state index in [0.29, 0.717) is 30.0 Å². The molecule has 2 aromatic carbocycles. The van der Waals surface area contributed by atoms with E-state index in [1.807, 2.05) is 55.6 Å². The van der Waals surface area contributed by atoms with Crippen molar-refractivity contribution in [2.24, 2.45) is 0 Å². The minimum Gasteiger partial charge on any atom is -0.454 e. The standard InChI is InChI=1S/C22H20N4O4S/c1-2-26(11-14-7-8-18-19(9-14)29-13-28-18)20(27)12-31-22-25-24-21(30-22)16-10-23-17-6-4-3-5-15(16)17/h3-10,23H,2,11-13H2,1H3.